The van der Waals surface area contributed by atoms with E-state index >= 15 is 0 Å². The van der Waals surface area contributed by atoms with Gasteiger partial charge in [-0.3, -0.25) is 4.79 Å². The Labute approximate surface area is 143 Å². The molecule has 0 aliphatic rings. The molecule has 0 aliphatic heterocycles. The number of rotatable bonds is 6. The molecule has 2 aromatic heterocycles. The first-order chi connectivity index (χ1) is 10.6. The summed E-state index contributed by atoms with van der Waals surface area (Å²) < 4.78 is 2.23. The number of nitrogens with zero attached hydrogens (tertiary/aromatic N) is 2. The number of hydrogen-bond acceptors (Lipinski definition) is 5. The Morgan fingerprint density at radius 2 is 2.27 bits per heavy atom. The van der Waals surface area contributed by atoms with Crippen LogP contribution in [-0.4, -0.2) is 22.5 Å². The van der Waals surface area contributed by atoms with E-state index in [1.807, 2.05) is 6.92 Å². The normalized spacial score (nSPS) is 13.1. The third-order valence-electron chi connectivity index (χ3n) is 2.98. The molecule has 116 valence electrons. The first kappa shape index (κ1) is 17.0. The predicted molar refractivity (Wildman–Crippen MR) is 90.6 cm³/mol. The van der Waals surface area contributed by atoms with E-state index < -0.39 is 6.04 Å². The topological polar surface area (TPSA) is 53.5 Å². The minimum atomic E-state index is -0.712. The second kappa shape index (κ2) is 7.78. The van der Waals surface area contributed by atoms with Gasteiger partial charge in [0.2, 0.25) is 11.8 Å². The van der Waals surface area contributed by atoms with Crippen molar-refractivity contribution in [3.05, 3.63) is 51.4 Å². The van der Waals surface area contributed by atoms with Crippen molar-refractivity contribution in [1.82, 2.24) is 0 Å². The Hall–Kier alpha value is -1.34. The summed E-state index contributed by atoms with van der Waals surface area (Å²) in [5.41, 5.74) is 0.698. The highest BCUT2D eigenvalue weighted by Gasteiger charge is 2.29. The van der Waals surface area contributed by atoms with Gasteiger partial charge in [-0.05, 0) is 30.2 Å². The molecular weight excluding hydrogens is 340 g/mol. The van der Waals surface area contributed by atoms with Crippen molar-refractivity contribution in [2.24, 2.45) is 4.99 Å². The van der Waals surface area contributed by atoms with Crippen LogP contribution in [-0.2, 0) is 19.2 Å². The van der Waals surface area contributed by atoms with Crippen molar-refractivity contribution in [1.29, 1.82) is 0 Å². The highest BCUT2D eigenvalue weighted by molar-refractivity contribution is 7.77. The van der Waals surface area contributed by atoms with Crippen molar-refractivity contribution < 1.29 is 14.5 Å². The molecular formula is C15H15ClN2O2S2. The molecule has 0 saturated carbocycles. The average molecular weight is 355 g/mol. The van der Waals surface area contributed by atoms with Crippen LogP contribution in [0.15, 0.2) is 41.7 Å². The van der Waals surface area contributed by atoms with Crippen LogP contribution < -0.4 is 4.57 Å². The largest absolute Gasteiger partial charge is 0.758 e. The van der Waals surface area contributed by atoms with Crippen LogP contribution in [0.2, 0.25) is 4.34 Å². The first-order valence-corrected chi connectivity index (χ1v) is 8.28. The van der Waals surface area contributed by atoms with E-state index in [4.69, 9.17) is 24.2 Å². The van der Waals surface area contributed by atoms with Gasteiger partial charge in [0.1, 0.15) is 0 Å². The van der Waals surface area contributed by atoms with E-state index in [1.54, 1.807) is 41.2 Å². The monoisotopic (exact) mass is 354 g/mol. The Kier molecular flexibility index (Phi) is 6.02. The minimum Gasteiger partial charge on any atom is -0.758 e. The number of aliphatic imine (C=N–C) groups is 1. The summed E-state index contributed by atoms with van der Waals surface area (Å²) in [7, 11) is 0. The number of aliphatic hydroxyl groups is 1. The molecule has 0 bridgehead atoms. The smallest absolute Gasteiger partial charge is 0.244 e. The number of carbonyl (C=O) groups is 1. The lowest BCUT2D eigenvalue weighted by Gasteiger charge is -2.18. The van der Waals surface area contributed by atoms with Crippen LogP contribution in [0.3, 0.4) is 0 Å². The SMILES string of the molecule is CCN=C([S-])C(C(=O)c1ccc(Cl)s1)[n+]1cccc(CO)c1. The highest BCUT2D eigenvalue weighted by Crippen LogP contribution is 2.24. The number of carbonyl (C=O) groups excluding carboxylic acids is 1. The summed E-state index contributed by atoms with van der Waals surface area (Å²) in [4.78, 5) is 17.5. The zero-order chi connectivity index (χ0) is 16.1. The Morgan fingerprint density at radius 3 is 2.86 bits per heavy atom. The van der Waals surface area contributed by atoms with Gasteiger partial charge in [0, 0.05) is 18.2 Å². The van der Waals surface area contributed by atoms with Crippen molar-refractivity contribution in [3.8, 4) is 0 Å². The summed E-state index contributed by atoms with van der Waals surface area (Å²) in [6, 6.07) is 6.21. The quantitative estimate of drug-likeness (QED) is 0.285. The fraction of sp³-hybridized carbons (Fsp3) is 0.267. The molecule has 0 fully saturated rings. The van der Waals surface area contributed by atoms with Gasteiger partial charge in [0.05, 0.1) is 15.8 Å². The number of hydrogen-bond donors (Lipinski definition) is 1. The number of aromatic nitrogens is 1. The number of pyridine rings is 1. The lowest BCUT2D eigenvalue weighted by Crippen LogP contribution is -2.47. The van der Waals surface area contributed by atoms with E-state index in [2.05, 4.69) is 4.99 Å². The second-order valence-corrected chi connectivity index (χ2v) is 6.63. The summed E-state index contributed by atoms with van der Waals surface area (Å²) in [5, 5.41) is 9.59. The predicted octanol–water partition coefficient (Wildman–Crippen LogP) is 2.57. The third kappa shape index (κ3) is 3.89. The standard InChI is InChI=1S/C15H15ClN2O2S2/c1-2-17-15(21)13(14(20)11-5-6-12(16)22-11)18-7-3-4-10(8-18)9-19/h3-8,13,19H,2,9H2,1H3. The Morgan fingerprint density at radius 1 is 1.50 bits per heavy atom. The van der Waals surface area contributed by atoms with Crippen LogP contribution in [0.25, 0.3) is 0 Å². The molecule has 1 unspecified atom stereocenters. The van der Waals surface area contributed by atoms with Crippen LogP contribution in [0.4, 0.5) is 0 Å². The van der Waals surface area contributed by atoms with Crippen LogP contribution >= 0.6 is 22.9 Å². The second-order valence-electron chi connectivity index (χ2n) is 4.50. The molecule has 4 nitrogen and oxygen atoms in total. The zero-order valence-corrected chi connectivity index (χ0v) is 14.3. The molecule has 0 spiro atoms. The van der Waals surface area contributed by atoms with E-state index in [1.165, 1.54) is 11.3 Å². The molecule has 1 N–H and O–H groups in total. The number of halogens is 1. The van der Waals surface area contributed by atoms with E-state index in [-0.39, 0.29) is 12.4 Å². The van der Waals surface area contributed by atoms with Gasteiger partial charge in [-0.2, -0.15) is 4.57 Å². The lowest BCUT2D eigenvalue weighted by molar-refractivity contribution is -0.692. The summed E-state index contributed by atoms with van der Waals surface area (Å²) in [6.07, 6.45) is 3.45. The van der Waals surface area contributed by atoms with Crippen LogP contribution in [0.1, 0.15) is 28.2 Å². The minimum absolute atomic E-state index is 0.107. The summed E-state index contributed by atoms with van der Waals surface area (Å²) in [6.45, 7) is 2.27. The van der Waals surface area contributed by atoms with Gasteiger partial charge in [-0.1, -0.05) is 11.6 Å². The molecule has 0 aliphatic carbocycles. The van der Waals surface area contributed by atoms with Crippen molar-refractivity contribution in [3.63, 3.8) is 0 Å². The van der Waals surface area contributed by atoms with Crippen molar-refractivity contribution in [2.75, 3.05) is 6.54 Å². The molecule has 0 amide bonds. The summed E-state index contributed by atoms with van der Waals surface area (Å²) in [5.74, 6) is -0.154. The maximum Gasteiger partial charge on any atom is 0.244 e. The van der Waals surface area contributed by atoms with Crippen molar-refractivity contribution >= 4 is 46.4 Å². The Balaban J connectivity index is 2.46. The Bertz CT molecular complexity index is 700. The van der Waals surface area contributed by atoms with Crippen molar-refractivity contribution in [2.45, 2.75) is 19.6 Å². The molecule has 2 aromatic rings. The molecule has 0 radical (unpaired) electrons. The van der Waals surface area contributed by atoms with E-state index in [9.17, 15) is 9.90 Å². The fourth-order valence-electron chi connectivity index (χ4n) is 2.00. The highest BCUT2D eigenvalue weighted by atomic mass is 35.5. The van der Waals surface area contributed by atoms with Crippen LogP contribution in [0.5, 0.6) is 0 Å². The van der Waals surface area contributed by atoms with E-state index in [0.717, 1.165) is 0 Å². The van der Waals surface area contributed by atoms with Gasteiger partial charge in [-0.25, -0.2) is 0 Å². The van der Waals surface area contributed by atoms with E-state index in [0.29, 0.717) is 26.4 Å². The van der Waals surface area contributed by atoms with Gasteiger partial charge >= 0.3 is 0 Å². The number of Topliss-reactive ketones (excluding diaryl/α,β-unsaturated/α-hetero) is 1. The zero-order valence-electron chi connectivity index (χ0n) is 11.9. The molecule has 0 saturated heterocycles. The number of thiophene rings is 1. The van der Waals surface area contributed by atoms with Gasteiger partial charge < -0.3 is 22.7 Å². The lowest BCUT2D eigenvalue weighted by atomic mass is 10.1. The third-order valence-corrected chi connectivity index (χ3v) is 4.57. The number of ketones is 1. The van der Waals surface area contributed by atoms with Crippen LogP contribution in [0, 0.1) is 0 Å². The molecule has 0 aromatic carbocycles. The van der Waals surface area contributed by atoms with Gasteiger partial charge in [0.15, 0.2) is 12.4 Å². The molecule has 2 heterocycles. The first-order valence-electron chi connectivity index (χ1n) is 6.68. The van der Waals surface area contributed by atoms with Gasteiger partial charge in [0.25, 0.3) is 0 Å². The molecule has 1 atom stereocenters. The average Bonchev–Trinajstić information content (AvgIpc) is 2.94. The number of aliphatic hydroxyl groups excluding tert-OH is 1. The molecule has 7 heteroatoms. The fourth-order valence-corrected chi connectivity index (χ4v) is 3.36. The maximum atomic E-state index is 12.8. The summed E-state index contributed by atoms with van der Waals surface area (Å²) >= 11 is 12.4. The maximum absolute atomic E-state index is 12.8. The van der Waals surface area contributed by atoms with Gasteiger partial charge in [-0.15, -0.1) is 11.3 Å². The molecule has 2 rings (SSSR count). The molecule has 22 heavy (non-hydrogen) atoms.